The minimum Gasteiger partial charge on any atom is -0.465 e. The second kappa shape index (κ2) is 11.9. The molecule has 0 spiro atoms. The van der Waals surface area contributed by atoms with Crippen molar-refractivity contribution in [1.29, 1.82) is 0 Å². The van der Waals surface area contributed by atoms with E-state index in [-0.39, 0.29) is 32.2 Å². The minimum atomic E-state index is -3.62. The van der Waals surface area contributed by atoms with Crippen molar-refractivity contribution < 1.29 is 23.1 Å². The van der Waals surface area contributed by atoms with Crippen LogP contribution >= 0.6 is 19.2 Å². The van der Waals surface area contributed by atoms with Gasteiger partial charge < -0.3 is 13.8 Å². The van der Waals surface area contributed by atoms with E-state index in [4.69, 9.17) is 25.4 Å². The largest absolute Gasteiger partial charge is 0.465 e. The van der Waals surface area contributed by atoms with Crippen LogP contribution in [0.25, 0.3) is 0 Å². The van der Waals surface area contributed by atoms with Gasteiger partial charge in [-0.15, -0.1) is 6.58 Å². The van der Waals surface area contributed by atoms with Crippen molar-refractivity contribution in [3.05, 3.63) is 24.3 Å². The summed E-state index contributed by atoms with van der Waals surface area (Å²) < 4.78 is 28.8. The maximum atomic E-state index is 13.0. The highest BCUT2D eigenvalue weighted by Gasteiger charge is 2.43. The fourth-order valence-electron chi connectivity index (χ4n) is 2.30. The van der Waals surface area contributed by atoms with Gasteiger partial charge in [0, 0.05) is 5.03 Å². The summed E-state index contributed by atoms with van der Waals surface area (Å²) in [6.45, 7) is 13.1. The van der Waals surface area contributed by atoms with E-state index in [0.29, 0.717) is 17.9 Å². The Morgan fingerprint density at radius 1 is 1.22 bits per heavy atom. The molecule has 23 heavy (non-hydrogen) atoms. The third-order valence-electron chi connectivity index (χ3n) is 3.13. The molecule has 2 atom stereocenters. The zero-order chi connectivity index (χ0) is 17.9. The predicted octanol–water partition coefficient (Wildman–Crippen LogP) is 4.91. The van der Waals surface area contributed by atoms with Crippen LogP contribution in [-0.2, 0) is 23.1 Å². The summed E-state index contributed by atoms with van der Waals surface area (Å²) in [5.41, 5.74) is -0.983. The van der Waals surface area contributed by atoms with Gasteiger partial charge in [-0.3, -0.25) is 9.36 Å². The minimum absolute atomic E-state index is 0.0406. The Morgan fingerprint density at radius 2 is 1.78 bits per heavy atom. The van der Waals surface area contributed by atoms with Crippen molar-refractivity contribution in [3.63, 3.8) is 0 Å². The molecule has 0 aliphatic carbocycles. The van der Waals surface area contributed by atoms with Crippen LogP contribution in [-0.4, -0.2) is 31.4 Å². The second-order valence-electron chi connectivity index (χ2n) is 4.99. The number of ether oxygens (including phenoxy) is 1. The maximum Gasteiger partial charge on any atom is 0.344 e. The van der Waals surface area contributed by atoms with Crippen molar-refractivity contribution >= 4 is 25.2 Å². The molecule has 0 aromatic rings. The Morgan fingerprint density at radius 3 is 2.17 bits per heavy atom. The van der Waals surface area contributed by atoms with Gasteiger partial charge in [-0.05, 0) is 46.0 Å². The van der Waals surface area contributed by atoms with Crippen LogP contribution in [0.1, 0.15) is 40.0 Å². The molecule has 0 rings (SSSR count). The Hall–Kier alpha value is -0.610. The highest BCUT2D eigenvalue weighted by atomic mass is 35.5. The summed E-state index contributed by atoms with van der Waals surface area (Å²) in [4.78, 5) is 12.3. The molecule has 134 valence electrons. The van der Waals surface area contributed by atoms with E-state index >= 15 is 0 Å². The first-order valence-electron chi connectivity index (χ1n) is 7.84. The smallest absolute Gasteiger partial charge is 0.344 e. The van der Waals surface area contributed by atoms with Crippen LogP contribution in [0.4, 0.5) is 0 Å². The summed E-state index contributed by atoms with van der Waals surface area (Å²) in [7, 11) is -3.62. The van der Waals surface area contributed by atoms with Crippen molar-refractivity contribution in [1.82, 2.24) is 0 Å². The highest BCUT2D eigenvalue weighted by molar-refractivity contribution is 7.55. The highest BCUT2D eigenvalue weighted by Crippen LogP contribution is 2.55. The fourth-order valence-corrected chi connectivity index (χ4v) is 4.56. The summed E-state index contributed by atoms with van der Waals surface area (Å²) in [5, 5.41) is 0.474. The lowest BCUT2D eigenvalue weighted by molar-refractivity contribution is -0.143. The van der Waals surface area contributed by atoms with Gasteiger partial charge >= 0.3 is 13.6 Å². The number of halogens is 1. The average molecular weight is 367 g/mol. The lowest BCUT2D eigenvalue weighted by atomic mass is 9.95. The molecule has 0 fully saturated rings. The van der Waals surface area contributed by atoms with E-state index in [2.05, 4.69) is 13.2 Å². The molecule has 0 bridgehead atoms. The van der Waals surface area contributed by atoms with Crippen LogP contribution in [0.5, 0.6) is 0 Å². The van der Waals surface area contributed by atoms with Crippen molar-refractivity contribution in [3.8, 4) is 0 Å². The van der Waals surface area contributed by atoms with Gasteiger partial charge in [0.1, 0.15) is 0 Å². The first-order chi connectivity index (χ1) is 10.8. The molecule has 5 nitrogen and oxygen atoms in total. The first-order valence-corrected chi connectivity index (χ1v) is 9.83. The van der Waals surface area contributed by atoms with Crippen LogP contribution in [0.3, 0.4) is 0 Å². The second-order valence-corrected chi connectivity index (χ2v) is 7.74. The van der Waals surface area contributed by atoms with E-state index in [1.54, 1.807) is 26.8 Å². The Balaban J connectivity index is 5.46. The molecule has 0 amide bonds. The third-order valence-corrected chi connectivity index (χ3v) is 5.70. The maximum absolute atomic E-state index is 13.0. The lowest BCUT2D eigenvalue weighted by Crippen LogP contribution is -2.28. The molecule has 0 aromatic carbocycles. The fraction of sp³-hybridized carbons (Fsp3) is 0.688. The molecule has 2 unspecified atom stereocenters. The van der Waals surface area contributed by atoms with E-state index < -0.39 is 19.2 Å². The molecule has 0 heterocycles. The van der Waals surface area contributed by atoms with Gasteiger partial charge in [-0.1, -0.05) is 24.3 Å². The topological polar surface area (TPSA) is 61.8 Å². The van der Waals surface area contributed by atoms with E-state index in [0.717, 1.165) is 0 Å². The molecule has 0 N–H and O–H groups in total. The van der Waals surface area contributed by atoms with Gasteiger partial charge in [0.2, 0.25) is 0 Å². The number of carbonyl (C=O) groups excluding carboxylic acids is 1. The predicted molar refractivity (Wildman–Crippen MR) is 93.8 cm³/mol. The van der Waals surface area contributed by atoms with Gasteiger partial charge in [-0.2, -0.15) is 0 Å². The van der Waals surface area contributed by atoms with E-state index in [9.17, 15) is 9.36 Å². The monoisotopic (exact) mass is 366 g/mol. The zero-order valence-corrected chi connectivity index (χ0v) is 15.9. The quantitative estimate of drug-likeness (QED) is 0.263. The standard InChI is InChI=1S/C16H28ClO5P/c1-6-10-14(11-13(5)17)12-15(16(18)20-7-2)23(19,21-8-3)22-9-4/h6,14-15H,1,5,7-12H2,2-4H3. The van der Waals surface area contributed by atoms with Crippen molar-refractivity contribution in [2.45, 2.75) is 45.7 Å². The number of hydrogen-bond donors (Lipinski definition) is 0. The molecule has 0 aliphatic rings. The Labute approximate surface area is 144 Å². The van der Waals surface area contributed by atoms with Crippen LogP contribution in [0.2, 0.25) is 0 Å². The SMILES string of the molecule is C=CCC(CC(=C)Cl)CC(C(=O)OCC)P(=O)(OCC)OCC. The van der Waals surface area contributed by atoms with E-state index in [1.165, 1.54) is 0 Å². The molecule has 0 saturated carbocycles. The first kappa shape index (κ1) is 22.4. The average Bonchev–Trinajstić information content (AvgIpc) is 2.44. The van der Waals surface area contributed by atoms with Gasteiger partial charge in [0.15, 0.2) is 5.66 Å². The molecule has 7 heteroatoms. The molecular weight excluding hydrogens is 339 g/mol. The van der Waals surface area contributed by atoms with Crippen molar-refractivity contribution in [2.75, 3.05) is 19.8 Å². The Kier molecular flexibility index (Phi) is 11.5. The summed E-state index contributed by atoms with van der Waals surface area (Å²) in [6.07, 6.45) is 3.11. The normalized spacial score (nSPS) is 14.1. The van der Waals surface area contributed by atoms with Crippen LogP contribution in [0, 0.1) is 5.92 Å². The number of allylic oxidation sites excluding steroid dienone is 2. The molecule has 0 saturated heterocycles. The lowest BCUT2D eigenvalue weighted by Gasteiger charge is -2.27. The molecule has 0 aliphatic heterocycles. The van der Waals surface area contributed by atoms with Gasteiger partial charge in [-0.25, -0.2) is 0 Å². The van der Waals surface area contributed by atoms with Crippen LogP contribution < -0.4 is 0 Å². The Bertz CT molecular complexity index is 428. The molecular formula is C16H28ClO5P. The number of rotatable bonds is 13. The molecule has 0 aromatic heterocycles. The number of carbonyl (C=O) groups is 1. The number of hydrogen-bond acceptors (Lipinski definition) is 5. The zero-order valence-electron chi connectivity index (χ0n) is 14.3. The summed E-state index contributed by atoms with van der Waals surface area (Å²) in [5.74, 6) is -0.617. The third kappa shape index (κ3) is 8.16. The van der Waals surface area contributed by atoms with E-state index in [1.807, 2.05) is 0 Å². The van der Waals surface area contributed by atoms with Crippen LogP contribution in [0.15, 0.2) is 24.3 Å². The molecule has 0 radical (unpaired) electrons. The van der Waals surface area contributed by atoms with Gasteiger partial charge in [0.25, 0.3) is 0 Å². The van der Waals surface area contributed by atoms with Crippen molar-refractivity contribution in [2.24, 2.45) is 5.92 Å². The number of esters is 1. The summed E-state index contributed by atoms with van der Waals surface area (Å²) >= 11 is 5.89. The van der Waals surface area contributed by atoms with Gasteiger partial charge in [0.05, 0.1) is 19.8 Å². The summed E-state index contributed by atoms with van der Waals surface area (Å²) in [6, 6.07) is 0.